The number of halogens is 1. The van der Waals surface area contributed by atoms with Crippen LogP contribution in [0.3, 0.4) is 0 Å². The third kappa shape index (κ3) is 6.88. The first-order valence-corrected chi connectivity index (χ1v) is 14.7. The molecule has 0 aliphatic carbocycles. The first-order valence-electron chi connectivity index (χ1n) is 13.1. The lowest BCUT2D eigenvalue weighted by atomic mass is 10.0. The van der Waals surface area contributed by atoms with Gasteiger partial charge in [-0.3, -0.25) is 19.2 Å². The lowest BCUT2D eigenvalue weighted by Gasteiger charge is -2.13. The molecule has 0 fully saturated rings. The molecule has 0 radical (unpaired) electrons. The van der Waals surface area contributed by atoms with Gasteiger partial charge in [0.1, 0.15) is 11.6 Å². The summed E-state index contributed by atoms with van der Waals surface area (Å²) in [6.45, 7) is 1.67. The van der Waals surface area contributed by atoms with Crippen molar-refractivity contribution in [3.05, 3.63) is 51.5 Å². The average molecular weight is 617 g/mol. The second kappa shape index (κ2) is 13.3. The summed E-state index contributed by atoms with van der Waals surface area (Å²) in [6, 6.07) is 8.36. The summed E-state index contributed by atoms with van der Waals surface area (Å²) in [5.74, 6) is -2.78. The Morgan fingerprint density at radius 3 is 2.19 bits per heavy atom. The highest BCUT2D eigenvalue weighted by Crippen LogP contribution is 2.38. The summed E-state index contributed by atoms with van der Waals surface area (Å²) in [5, 5.41) is 19.0. The normalized spacial score (nSPS) is 11.9. The number of methoxy groups -OCH3 is 2. The maximum atomic E-state index is 15.6. The topological polar surface area (TPSA) is 136 Å². The lowest BCUT2D eigenvalue weighted by molar-refractivity contribution is -0.141. The quantitative estimate of drug-likeness (QED) is 0.111. The number of Topliss-reactive ketones (excluding diaryl/α,β-unsaturated/α-hetero) is 2. The minimum absolute atomic E-state index is 0.0820. The van der Waals surface area contributed by atoms with Gasteiger partial charge in [0.2, 0.25) is 0 Å². The van der Waals surface area contributed by atoms with Gasteiger partial charge in [-0.1, -0.05) is 6.92 Å². The van der Waals surface area contributed by atoms with E-state index in [1.54, 1.807) is 24.3 Å². The molecular weight excluding hydrogens is 587 g/mol. The van der Waals surface area contributed by atoms with E-state index < -0.39 is 23.7 Å². The number of benzene rings is 2. The molecule has 222 valence electrons. The van der Waals surface area contributed by atoms with Gasteiger partial charge < -0.3 is 24.4 Å². The smallest absolute Gasteiger partial charge is 0.306 e. The van der Waals surface area contributed by atoms with Crippen LogP contribution in [0.25, 0.3) is 20.2 Å². The molecule has 1 atom stereocenters. The molecule has 2 N–H and O–H groups in total. The molecule has 0 spiro atoms. The lowest BCUT2D eigenvalue weighted by Crippen LogP contribution is -2.13. The highest BCUT2D eigenvalue weighted by Gasteiger charge is 2.22. The van der Waals surface area contributed by atoms with Crippen molar-refractivity contribution in [2.75, 3.05) is 20.8 Å². The van der Waals surface area contributed by atoms with E-state index in [0.717, 1.165) is 21.4 Å². The second-order valence-electron chi connectivity index (χ2n) is 9.68. The van der Waals surface area contributed by atoms with Crippen LogP contribution in [0, 0.1) is 11.7 Å². The number of rotatable bonds is 15. The zero-order valence-electron chi connectivity index (χ0n) is 23.2. The molecular formula is C30H29FO9S2. The molecule has 4 aromatic rings. The SMILES string of the molecule is COc1cc2sc(C(=O)CCC(=O)O)cc2cc1OCCCc1c(OC)cc2sc(C(=O)C[C@H](C)C(=O)O)cc2c1F. The predicted octanol–water partition coefficient (Wildman–Crippen LogP) is 6.62. The van der Waals surface area contributed by atoms with Crippen molar-refractivity contribution in [1.29, 1.82) is 0 Å². The second-order valence-corrected chi connectivity index (χ2v) is 11.8. The molecule has 42 heavy (non-hydrogen) atoms. The van der Waals surface area contributed by atoms with Crippen LogP contribution in [0.2, 0.25) is 0 Å². The van der Waals surface area contributed by atoms with Crippen molar-refractivity contribution in [3.8, 4) is 17.2 Å². The molecule has 4 rings (SSSR count). The van der Waals surface area contributed by atoms with Gasteiger partial charge in [0.25, 0.3) is 0 Å². The Kier molecular flexibility index (Phi) is 9.79. The number of aliphatic carboxylic acids is 2. The van der Waals surface area contributed by atoms with E-state index in [4.69, 9.17) is 24.4 Å². The van der Waals surface area contributed by atoms with Crippen molar-refractivity contribution in [1.82, 2.24) is 0 Å². The zero-order chi connectivity index (χ0) is 30.6. The van der Waals surface area contributed by atoms with Gasteiger partial charge in [-0.2, -0.15) is 0 Å². The number of carboxylic acid groups (broad SMARTS) is 2. The van der Waals surface area contributed by atoms with Crippen molar-refractivity contribution in [2.24, 2.45) is 5.92 Å². The highest BCUT2D eigenvalue weighted by atomic mass is 32.1. The fourth-order valence-corrected chi connectivity index (χ4v) is 6.49. The number of ether oxygens (including phenoxy) is 3. The van der Waals surface area contributed by atoms with Crippen LogP contribution < -0.4 is 14.2 Å². The molecule has 0 saturated carbocycles. The fourth-order valence-electron chi connectivity index (χ4n) is 4.41. The zero-order valence-corrected chi connectivity index (χ0v) is 24.8. The van der Waals surface area contributed by atoms with Gasteiger partial charge in [0.15, 0.2) is 23.1 Å². The fraction of sp³-hybridized carbons (Fsp3) is 0.333. The summed E-state index contributed by atoms with van der Waals surface area (Å²) in [4.78, 5) is 47.6. The van der Waals surface area contributed by atoms with Gasteiger partial charge in [-0.25, -0.2) is 4.39 Å². The average Bonchev–Trinajstić information content (AvgIpc) is 3.58. The predicted molar refractivity (Wildman–Crippen MR) is 157 cm³/mol. The number of hydrogen-bond donors (Lipinski definition) is 2. The van der Waals surface area contributed by atoms with Crippen molar-refractivity contribution < 1.29 is 48.0 Å². The molecule has 12 heteroatoms. The monoisotopic (exact) mass is 616 g/mol. The summed E-state index contributed by atoms with van der Waals surface area (Å²) in [7, 11) is 2.94. The number of carbonyl (C=O) groups is 4. The summed E-state index contributed by atoms with van der Waals surface area (Å²) in [5.41, 5.74) is 0.342. The molecule has 2 aromatic heterocycles. The minimum atomic E-state index is -1.07. The van der Waals surface area contributed by atoms with E-state index in [1.807, 2.05) is 0 Å². The van der Waals surface area contributed by atoms with Crippen LogP contribution in [0.4, 0.5) is 4.39 Å². The van der Waals surface area contributed by atoms with E-state index in [0.29, 0.717) is 43.7 Å². The van der Waals surface area contributed by atoms with Gasteiger partial charge in [0, 0.05) is 39.3 Å². The molecule has 0 saturated heterocycles. The number of carbonyl (C=O) groups excluding carboxylic acids is 2. The Hall–Kier alpha value is -4.03. The molecule has 2 heterocycles. The molecule has 0 aliphatic rings. The Labute approximate surface area is 248 Å². The maximum absolute atomic E-state index is 15.6. The number of thiophene rings is 2. The molecule has 0 amide bonds. The Balaban J connectivity index is 1.47. The molecule has 0 bridgehead atoms. The van der Waals surface area contributed by atoms with Gasteiger partial charge in [0.05, 0.1) is 42.9 Å². The van der Waals surface area contributed by atoms with E-state index in [9.17, 15) is 19.2 Å². The highest BCUT2D eigenvalue weighted by molar-refractivity contribution is 7.21. The number of hydrogen-bond acceptors (Lipinski definition) is 9. The third-order valence-corrected chi connectivity index (χ3v) is 8.96. The van der Waals surface area contributed by atoms with Crippen LogP contribution >= 0.6 is 22.7 Å². The first kappa shape index (κ1) is 30.9. The van der Waals surface area contributed by atoms with Crippen LogP contribution in [0.1, 0.15) is 57.5 Å². The molecule has 0 aliphatic heterocycles. The summed E-state index contributed by atoms with van der Waals surface area (Å²) >= 11 is 2.36. The maximum Gasteiger partial charge on any atom is 0.306 e. The van der Waals surface area contributed by atoms with Crippen LogP contribution in [0.5, 0.6) is 17.2 Å². The summed E-state index contributed by atoms with van der Waals surface area (Å²) < 4.78 is 33.8. The van der Waals surface area contributed by atoms with Crippen LogP contribution in [-0.4, -0.2) is 54.5 Å². The van der Waals surface area contributed by atoms with Crippen molar-refractivity contribution in [2.45, 2.75) is 39.0 Å². The number of fused-ring (bicyclic) bond motifs is 2. The Morgan fingerprint density at radius 2 is 1.52 bits per heavy atom. The van der Waals surface area contributed by atoms with Crippen molar-refractivity contribution >= 4 is 66.4 Å². The van der Waals surface area contributed by atoms with Gasteiger partial charge >= 0.3 is 11.9 Å². The van der Waals surface area contributed by atoms with Gasteiger partial charge in [-0.15, -0.1) is 22.7 Å². The standard InChI is InChI=1S/C30H29FO9S2/c1-15(30(36)37)9-20(33)27-12-18-25(42-27)13-21(38-2)17(29(18)31)5-4-8-40-23-10-16-11-26(19(32)6-7-28(34)35)41-24(16)14-22(23)39-3/h10-15H,4-9H2,1-3H3,(H,34,35)(H,36,37)/t15-/m0/s1. The van der Waals surface area contributed by atoms with Crippen LogP contribution in [-0.2, 0) is 16.0 Å². The number of carboxylic acids is 2. The number of ketones is 2. The van der Waals surface area contributed by atoms with Crippen molar-refractivity contribution in [3.63, 3.8) is 0 Å². The Morgan fingerprint density at radius 1 is 0.857 bits per heavy atom. The van der Waals surface area contributed by atoms with E-state index >= 15 is 4.39 Å². The third-order valence-electron chi connectivity index (χ3n) is 6.70. The van der Waals surface area contributed by atoms with E-state index in [1.165, 1.54) is 38.5 Å². The molecule has 2 aromatic carbocycles. The van der Waals surface area contributed by atoms with E-state index in [2.05, 4.69) is 0 Å². The largest absolute Gasteiger partial charge is 0.496 e. The Bertz CT molecular complexity index is 1670. The summed E-state index contributed by atoms with van der Waals surface area (Å²) in [6.07, 6.45) is 0.219. The van der Waals surface area contributed by atoms with Gasteiger partial charge in [-0.05, 0) is 42.5 Å². The molecule has 9 nitrogen and oxygen atoms in total. The van der Waals surface area contributed by atoms with E-state index in [-0.39, 0.29) is 49.2 Å². The first-order chi connectivity index (χ1) is 20.0. The minimum Gasteiger partial charge on any atom is -0.496 e. The molecule has 0 unspecified atom stereocenters. The van der Waals surface area contributed by atoms with Crippen LogP contribution in [0.15, 0.2) is 30.3 Å².